The summed E-state index contributed by atoms with van der Waals surface area (Å²) < 4.78 is 5.26. The maximum atomic E-state index is 5.26. The first-order valence-corrected chi connectivity index (χ1v) is 7.32. The summed E-state index contributed by atoms with van der Waals surface area (Å²) in [5.41, 5.74) is 0. The quantitative estimate of drug-likeness (QED) is 0.428. The van der Waals surface area contributed by atoms with E-state index in [9.17, 15) is 0 Å². The summed E-state index contributed by atoms with van der Waals surface area (Å²) in [6.07, 6.45) is 4.41. The molecule has 1 heterocycles. The van der Waals surface area contributed by atoms with Crippen molar-refractivity contribution < 1.29 is 4.18 Å². The van der Waals surface area contributed by atoms with Crippen molar-refractivity contribution in [3.05, 3.63) is 0 Å². The minimum Gasteiger partial charge on any atom is -0.314 e. The van der Waals surface area contributed by atoms with E-state index < -0.39 is 0 Å². The van der Waals surface area contributed by atoms with Crippen LogP contribution in [-0.2, 0) is 4.18 Å². The largest absolute Gasteiger partial charge is 0.314 e. The molecule has 0 aromatic carbocycles. The lowest BCUT2D eigenvalue weighted by atomic mass is 9.98. The number of hydrogen-bond donors (Lipinski definition) is 0. The predicted molar refractivity (Wildman–Crippen MR) is 73.4 cm³/mol. The van der Waals surface area contributed by atoms with Crippen molar-refractivity contribution in [2.45, 2.75) is 33.6 Å². The van der Waals surface area contributed by atoms with Gasteiger partial charge in [-0.1, -0.05) is 13.8 Å². The highest BCUT2D eigenvalue weighted by Gasteiger charge is 2.16. The molecule has 1 aliphatic rings. The van der Waals surface area contributed by atoms with E-state index >= 15 is 0 Å². The van der Waals surface area contributed by atoms with Crippen molar-refractivity contribution in [1.29, 1.82) is 0 Å². The fourth-order valence-electron chi connectivity index (χ4n) is 1.75. The standard InChI is InChI=1S/C11H19NOS.C2H6/c1-3-4-11-5-7-12(8-6-11)9-10-13-14-2;1-2/h11H,5-10H2,1-2H3;1-2H3. The summed E-state index contributed by atoms with van der Waals surface area (Å²) in [7, 11) is 0. The molecule has 0 N–H and O–H groups in total. The zero-order chi connectivity index (χ0) is 12.2. The van der Waals surface area contributed by atoms with Crippen molar-refractivity contribution in [3.8, 4) is 11.8 Å². The van der Waals surface area contributed by atoms with Crippen molar-refractivity contribution in [3.63, 3.8) is 0 Å². The van der Waals surface area contributed by atoms with Crippen LogP contribution < -0.4 is 0 Å². The molecule has 0 atom stereocenters. The van der Waals surface area contributed by atoms with Crippen LogP contribution >= 0.6 is 12.0 Å². The Labute approximate surface area is 105 Å². The number of hydrogen-bond acceptors (Lipinski definition) is 3. The van der Waals surface area contributed by atoms with Gasteiger partial charge in [0.2, 0.25) is 0 Å². The monoisotopic (exact) mass is 243 g/mol. The maximum Gasteiger partial charge on any atom is 0.0740 e. The Balaban J connectivity index is 0.00000106. The Bertz CT molecular complexity index is 202. The van der Waals surface area contributed by atoms with E-state index in [-0.39, 0.29) is 0 Å². The minimum atomic E-state index is 0.637. The molecule has 0 unspecified atom stereocenters. The summed E-state index contributed by atoms with van der Waals surface area (Å²) in [6.45, 7) is 10.2. The molecular weight excluding hydrogens is 218 g/mol. The summed E-state index contributed by atoms with van der Waals surface area (Å²) in [4.78, 5) is 2.46. The summed E-state index contributed by atoms with van der Waals surface area (Å²) in [5.74, 6) is 6.91. The van der Waals surface area contributed by atoms with E-state index in [0.29, 0.717) is 5.92 Å². The van der Waals surface area contributed by atoms with Crippen molar-refractivity contribution >= 4 is 12.0 Å². The second kappa shape index (κ2) is 11.3. The smallest absolute Gasteiger partial charge is 0.0740 e. The van der Waals surface area contributed by atoms with Crippen LogP contribution in [0.15, 0.2) is 0 Å². The Kier molecular flexibility index (Phi) is 11.2. The zero-order valence-electron chi connectivity index (χ0n) is 11.1. The highest BCUT2D eigenvalue weighted by atomic mass is 32.2. The van der Waals surface area contributed by atoms with Gasteiger partial charge in [0.15, 0.2) is 0 Å². The van der Waals surface area contributed by atoms with Gasteiger partial charge in [-0.05, 0) is 44.9 Å². The summed E-state index contributed by atoms with van der Waals surface area (Å²) in [6, 6.07) is 0. The van der Waals surface area contributed by atoms with Gasteiger partial charge in [-0.15, -0.1) is 11.8 Å². The fourth-order valence-corrected chi connectivity index (χ4v) is 2.00. The molecule has 0 saturated carbocycles. The molecule has 1 fully saturated rings. The van der Waals surface area contributed by atoms with Crippen LogP contribution in [0.1, 0.15) is 33.6 Å². The highest BCUT2D eigenvalue weighted by molar-refractivity contribution is 7.93. The Hall–Kier alpha value is -0.170. The average Bonchev–Trinajstić information content (AvgIpc) is 2.35. The van der Waals surface area contributed by atoms with Crippen molar-refractivity contribution in [1.82, 2.24) is 4.90 Å². The van der Waals surface area contributed by atoms with Crippen LogP contribution in [0.25, 0.3) is 0 Å². The Morgan fingerprint density at radius 3 is 2.44 bits per heavy atom. The lowest BCUT2D eigenvalue weighted by Gasteiger charge is -2.29. The number of nitrogens with zero attached hydrogens (tertiary/aromatic N) is 1. The lowest BCUT2D eigenvalue weighted by Crippen LogP contribution is -2.35. The number of piperidine rings is 1. The van der Waals surface area contributed by atoms with E-state index in [4.69, 9.17) is 4.18 Å². The molecule has 0 radical (unpaired) electrons. The topological polar surface area (TPSA) is 12.5 Å². The van der Waals surface area contributed by atoms with Crippen molar-refractivity contribution in [2.24, 2.45) is 5.92 Å². The molecule has 0 aliphatic carbocycles. The van der Waals surface area contributed by atoms with Crippen LogP contribution in [0.2, 0.25) is 0 Å². The van der Waals surface area contributed by atoms with Gasteiger partial charge >= 0.3 is 0 Å². The van der Waals surface area contributed by atoms with Crippen LogP contribution in [0.4, 0.5) is 0 Å². The molecule has 0 aromatic rings. The van der Waals surface area contributed by atoms with E-state index in [0.717, 1.165) is 13.2 Å². The van der Waals surface area contributed by atoms with Gasteiger partial charge in [-0.2, -0.15) is 0 Å². The average molecular weight is 243 g/mol. The first kappa shape index (κ1) is 15.8. The first-order chi connectivity index (χ1) is 7.86. The van der Waals surface area contributed by atoms with Crippen LogP contribution in [-0.4, -0.2) is 37.4 Å². The van der Waals surface area contributed by atoms with E-state index in [1.165, 1.54) is 38.0 Å². The minimum absolute atomic E-state index is 0.637. The first-order valence-electron chi connectivity index (χ1n) is 6.17. The van der Waals surface area contributed by atoms with Gasteiger partial charge < -0.3 is 9.08 Å². The molecule has 0 amide bonds. The SMILES string of the molecule is CC.CC#CC1CCN(CCOSC)CC1. The fraction of sp³-hybridized carbons (Fsp3) is 0.846. The highest BCUT2D eigenvalue weighted by Crippen LogP contribution is 2.15. The molecule has 94 valence electrons. The molecule has 0 spiro atoms. The Morgan fingerprint density at radius 2 is 1.94 bits per heavy atom. The van der Waals surface area contributed by atoms with E-state index in [1.807, 2.05) is 27.0 Å². The molecule has 1 rings (SSSR count). The van der Waals surface area contributed by atoms with Crippen molar-refractivity contribution in [2.75, 3.05) is 32.5 Å². The third kappa shape index (κ3) is 7.16. The van der Waals surface area contributed by atoms with Gasteiger partial charge in [0.05, 0.1) is 6.61 Å². The van der Waals surface area contributed by atoms with Gasteiger partial charge in [0, 0.05) is 18.7 Å². The number of rotatable bonds is 4. The van der Waals surface area contributed by atoms with Gasteiger partial charge in [0.1, 0.15) is 0 Å². The maximum absolute atomic E-state index is 5.26. The molecular formula is C13H25NOS. The number of likely N-dealkylation sites (tertiary alicyclic amines) is 1. The second-order valence-corrected chi connectivity index (χ2v) is 4.07. The molecule has 0 bridgehead atoms. The second-order valence-electron chi connectivity index (χ2n) is 3.50. The van der Waals surface area contributed by atoms with E-state index in [2.05, 4.69) is 16.7 Å². The summed E-state index contributed by atoms with van der Waals surface area (Å²) >= 11 is 1.45. The molecule has 1 saturated heterocycles. The lowest BCUT2D eigenvalue weighted by molar-refractivity contribution is 0.179. The predicted octanol–water partition coefficient (Wildman–Crippen LogP) is 3.04. The van der Waals surface area contributed by atoms with Crippen LogP contribution in [0.3, 0.4) is 0 Å². The molecule has 16 heavy (non-hydrogen) atoms. The Morgan fingerprint density at radius 1 is 1.31 bits per heavy atom. The third-order valence-corrected chi connectivity index (χ3v) is 2.95. The molecule has 2 nitrogen and oxygen atoms in total. The summed E-state index contributed by atoms with van der Waals surface area (Å²) in [5, 5.41) is 0. The van der Waals surface area contributed by atoms with Gasteiger partial charge in [-0.25, -0.2) is 0 Å². The molecule has 1 aliphatic heterocycles. The van der Waals surface area contributed by atoms with Gasteiger partial charge in [-0.3, -0.25) is 0 Å². The molecule has 3 heteroatoms. The van der Waals surface area contributed by atoms with Gasteiger partial charge in [0.25, 0.3) is 0 Å². The van der Waals surface area contributed by atoms with Crippen LogP contribution in [0.5, 0.6) is 0 Å². The third-order valence-electron chi connectivity index (χ3n) is 2.54. The normalized spacial score (nSPS) is 17.0. The zero-order valence-corrected chi connectivity index (χ0v) is 11.9. The van der Waals surface area contributed by atoms with Crippen LogP contribution in [0, 0.1) is 17.8 Å². The van der Waals surface area contributed by atoms with E-state index in [1.54, 1.807) is 0 Å². The molecule has 0 aromatic heterocycles.